The van der Waals surface area contributed by atoms with Crippen molar-refractivity contribution in [1.82, 2.24) is 19.5 Å². The molecule has 12 heteroatoms. The predicted molar refractivity (Wildman–Crippen MR) is 70.0 cm³/mol. The molecule has 5 atom stereocenters. The lowest BCUT2D eigenvalue weighted by Gasteiger charge is -2.27. The van der Waals surface area contributed by atoms with E-state index >= 15 is 0 Å². The molecule has 2 aromatic rings. The average Bonchev–Trinajstić information content (AvgIpc) is 3.00. The van der Waals surface area contributed by atoms with Crippen molar-refractivity contribution < 1.29 is 28.3 Å². The number of nitrogen functional groups attached to an aromatic ring is 1. The van der Waals surface area contributed by atoms with Crippen LogP contribution in [0.25, 0.3) is 11.2 Å². The minimum Gasteiger partial charge on any atom is -0.388 e. The number of anilines is 1. The van der Waals surface area contributed by atoms with Crippen molar-refractivity contribution in [2.45, 2.75) is 18.6 Å². The lowest BCUT2D eigenvalue weighted by atomic mass is 10.1. The first-order valence-corrected chi connectivity index (χ1v) is 7.88. The number of nitrogens with zero attached hydrogens (tertiary/aromatic N) is 4. The fraction of sp³-hybridized carbons (Fsp3) is 0.500. The standard InChI is InChI=1S/C10H12N5O6P/c11-7-5-8(13-2-12-7)15(3-14-5)9-6(16)4-1-19-22(17,18)21-10(4)20-9/h2-4,6,9-10,16H,1H2,(H,17,18)(H2,11,12,13)/t4-,6+,9+,10+/m0/s1. The molecule has 2 aliphatic rings. The number of aliphatic hydroxyl groups is 1. The van der Waals surface area contributed by atoms with Gasteiger partial charge in [-0.25, -0.2) is 19.5 Å². The number of fused-ring (bicyclic) bond motifs is 2. The Hall–Kier alpha value is -1.62. The number of hydrogen-bond acceptors (Lipinski definition) is 9. The summed E-state index contributed by atoms with van der Waals surface area (Å²) in [6.07, 6.45) is -0.303. The van der Waals surface area contributed by atoms with Crippen LogP contribution in [0.4, 0.5) is 5.82 Å². The summed E-state index contributed by atoms with van der Waals surface area (Å²) in [6.45, 7) is -0.153. The lowest BCUT2D eigenvalue weighted by molar-refractivity contribution is -0.142. The van der Waals surface area contributed by atoms with Crippen LogP contribution in [0.2, 0.25) is 0 Å². The molecule has 118 valence electrons. The molecule has 4 N–H and O–H groups in total. The molecule has 0 radical (unpaired) electrons. The zero-order chi connectivity index (χ0) is 15.5. The van der Waals surface area contributed by atoms with Crippen LogP contribution >= 0.6 is 7.82 Å². The molecule has 2 aromatic heterocycles. The summed E-state index contributed by atoms with van der Waals surface area (Å²) in [5.74, 6) is -0.399. The Morgan fingerprint density at radius 2 is 2.23 bits per heavy atom. The highest BCUT2D eigenvalue weighted by molar-refractivity contribution is 7.47. The van der Waals surface area contributed by atoms with Gasteiger partial charge in [0.05, 0.1) is 18.9 Å². The van der Waals surface area contributed by atoms with Gasteiger partial charge in [-0.1, -0.05) is 0 Å². The number of ether oxygens (including phenoxy) is 1. The summed E-state index contributed by atoms with van der Waals surface area (Å²) >= 11 is 0. The summed E-state index contributed by atoms with van der Waals surface area (Å²) in [5.41, 5.74) is 6.46. The highest BCUT2D eigenvalue weighted by Crippen LogP contribution is 2.54. The van der Waals surface area contributed by atoms with Crippen LogP contribution in [0.15, 0.2) is 12.7 Å². The highest BCUT2D eigenvalue weighted by atomic mass is 31.2. The van der Waals surface area contributed by atoms with E-state index in [2.05, 4.69) is 15.0 Å². The van der Waals surface area contributed by atoms with Crippen LogP contribution in [0.3, 0.4) is 0 Å². The quantitative estimate of drug-likeness (QED) is 0.577. The van der Waals surface area contributed by atoms with Crippen LogP contribution in [0.1, 0.15) is 6.23 Å². The van der Waals surface area contributed by atoms with Gasteiger partial charge in [0, 0.05) is 0 Å². The number of rotatable bonds is 1. The van der Waals surface area contributed by atoms with E-state index in [1.165, 1.54) is 17.2 Å². The molecule has 4 rings (SSSR count). The number of hydrogen-bond donors (Lipinski definition) is 3. The fourth-order valence-electron chi connectivity index (χ4n) is 2.60. The number of nitrogens with two attached hydrogens (primary N) is 1. The number of phosphoric ester groups is 1. The number of aliphatic hydroxyl groups excluding tert-OH is 1. The molecule has 0 amide bonds. The molecule has 2 aliphatic heterocycles. The number of phosphoric acid groups is 1. The van der Waals surface area contributed by atoms with E-state index in [1.807, 2.05) is 0 Å². The third-order valence-electron chi connectivity index (χ3n) is 3.68. The maximum absolute atomic E-state index is 11.4. The van der Waals surface area contributed by atoms with Gasteiger partial charge in [-0.15, -0.1) is 0 Å². The normalized spacial score (nSPS) is 38.3. The van der Waals surface area contributed by atoms with Gasteiger partial charge >= 0.3 is 7.82 Å². The largest absolute Gasteiger partial charge is 0.474 e. The van der Waals surface area contributed by atoms with Crippen LogP contribution in [0, 0.1) is 5.92 Å². The SMILES string of the molecule is Nc1ncnc2c1ncn2[C@@H]1O[C@@H]2OP(=O)(O)OC[C@H]2[C@H]1O. The molecule has 1 unspecified atom stereocenters. The number of aromatic nitrogens is 4. The molecule has 22 heavy (non-hydrogen) atoms. The zero-order valence-corrected chi connectivity index (χ0v) is 11.9. The van der Waals surface area contributed by atoms with Gasteiger partial charge in [0.15, 0.2) is 24.0 Å². The van der Waals surface area contributed by atoms with Crippen LogP contribution in [-0.4, -0.2) is 48.5 Å². The maximum Gasteiger partial charge on any atom is 0.474 e. The highest BCUT2D eigenvalue weighted by Gasteiger charge is 2.52. The summed E-state index contributed by atoms with van der Waals surface area (Å²) in [7, 11) is -4.15. The zero-order valence-electron chi connectivity index (χ0n) is 11.0. The van der Waals surface area contributed by atoms with E-state index in [9.17, 15) is 14.6 Å². The van der Waals surface area contributed by atoms with Crippen molar-refractivity contribution in [2.24, 2.45) is 5.92 Å². The fourth-order valence-corrected chi connectivity index (χ4v) is 3.49. The van der Waals surface area contributed by atoms with Gasteiger partial charge < -0.3 is 20.5 Å². The van der Waals surface area contributed by atoms with E-state index in [0.717, 1.165) is 0 Å². The summed E-state index contributed by atoms with van der Waals surface area (Å²) in [4.78, 5) is 21.3. The second-order valence-corrected chi connectivity index (χ2v) is 6.41. The second kappa shape index (κ2) is 4.69. The first kappa shape index (κ1) is 14.0. The Morgan fingerprint density at radius 1 is 1.41 bits per heavy atom. The molecule has 2 fully saturated rings. The molecular weight excluding hydrogens is 317 g/mol. The molecule has 11 nitrogen and oxygen atoms in total. The van der Waals surface area contributed by atoms with Gasteiger partial charge in [-0.05, 0) is 0 Å². The maximum atomic E-state index is 11.4. The monoisotopic (exact) mass is 329 g/mol. The second-order valence-electron chi connectivity index (χ2n) is 5.00. The summed E-state index contributed by atoms with van der Waals surface area (Å²) < 4.78 is 28.0. The van der Waals surface area contributed by atoms with E-state index in [0.29, 0.717) is 11.2 Å². The van der Waals surface area contributed by atoms with Gasteiger partial charge in [0.2, 0.25) is 0 Å². The molecule has 0 bridgehead atoms. The third kappa shape index (κ3) is 2.02. The van der Waals surface area contributed by atoms with Crippen molar-refractivity contribution in [1.29, 1.82) is 0 Å². The van der Waals surface area contributed by atoms with E-state index in [4.69, 9.17) is 19.5 Å². The van der Waals surface area contributed by atoms with E-state index in [1.54, 1.807) is 0 Å². The van der Waals surface area contributed by atoms with Gasteiger partial charge in [-0.3, -0.25) is 13.6 Å². The van der Waals surface area contributed by atoms with E-state index < -0.39 is 32.4 Å². The van der Waals surface area contributed by atoms with Gasteiger partial charge in [-0.2, -0.15) is 0 Å². The van der Waals surface area contributed by atoms with Crippen LogP contribution in [-0.2, 0) is 18.3 Å². The Balaban J connectivity index is 1.71. The van der Waals surface area contributed by atoms with Crippen molar-refractivity contribution >= 4 is 24.8 Å². The van der Waals surface area contributed by atoms with Crippen molar-refractivity contribution in [2.75, 3.05) is 12.3 Å². The molecule has 0 saturated carbocycles. The molecule has 2 saturated heterocycles. The molecule has 0 spiro atoms. The third-order valence-corrected chi connectivity index (χ3v) is 4.63. The van der Waals surface area contributed by atoms with Crippen molar-refractivity contribution in [3.63, 3.8) is 0 Å². The average molecular weight is 329 g/mol. The predicted octanol–water partition coefficient (Wildman–Crippen LogP) is -0.612. The van der Waals surface area contributed by atoms with Crippen LogP contribution < -0.4 is 5.73 Å². The smallest absolute Gasteiger partial charge is 0.388 e. The molecule has 0 aromatic carbocycles. The van der Waals surface area contributed by atoms with Gasteiger partial charge in [0.1, 0.15) is 17.9 Å². The summed E-state index contributed by atoms with van der Waals surface area (Å²) in [6, 6.07) is 0. The first-order chi connectivity index (χ1) is 10.5. The Kier molecular flexibility index (Phi) is 2.98. The minimum atomic E-state index is -4.15. The van der Waals surface area contributed by atoms with Crippen molar-refractivity contribution in [3.05, 3.63) is 12.7 Å². The van der Waals surface area contributed by atoms with E-state index in [-0.39, 0.29) is 12.4 Å². The Morgan fingerprint density at radius 3 is 3.05 bits per heavy atom. The molecular formula is C10H12N5O6P. The minimum absolute atomic E-state index is 0.153. The molecule has 4 heterocycles. The Bertz CT molecular complexity index is 782. The lowest BCUT2D eigenvalue weighted by Crippen LogP contribution is -2.34. The van der Waals surface area contributed by atoms with Crippen LogP contribution in [0.5, 0.6) is 0 Å². The topological polar surface area (TPSA) is 155 Å². The Labute approximate surface area is 123 Å². The number of imidazole rings is 1. The summed E-state index contributed by atoms with van der Waals surface area (Å²) in [5, 5.41) is 10.4. The first-order valence-electron chi connectivity index (χ1n) is 6.38. The van der Waals surface area contributed by atoms with Gasteiger partial charge in [0.25, 0.3) is 0 Å². The molecule has 0 aliphatic carbocycles. The van der Waals surface area contributed by atoms with Crippen molar-refractivity contribution in [3.8, 4) is 0 Å².